The second-order valence-corrected chi connectivity index (χ2v) is 11.5. The lowest BCUT2D eigenvalue weighted by molar-refractivity contribution is -0.155. The summed E-state index contributed by atoms with van der Waals surface area (Å²) >= 11 is 0. The van der Waals surface area contributed by atoms with Gasteiger partial charge in [0.05, 0.1) is 23.6 Å². The molecule has 2 saturated heterocycles. The van der Waals surface area contributed by atoms with E-state index in [-0.39, 0.29) is 11.8 Å². The minimum atomic E-state index is -0.985. The van der Waals surface area contributed by atoms with Gasteiger partial charge in [-0.3, -0.25) is 9.59 Å². The SMILES string of the molecule is O=C(OC(c1ccccc1)c1ccccc1)[C@H]1[C@H]2C(=O)N(c3cccc4ccccc34)C(=O)[C@H]2C2c3ccccc3C=CN21. The summed E-state index contributed by atoms with van der Waals surface area (Å²) < 4.78 is 6.35. The van der Waals surface area contributed by atoms with Crippen LogP contribution in [0.2, 0.25) is 0 Å². The van der Waals surface area contributed by atoms with E-state index in [0.29, 0.717) is 5.69 Å². The Labute approximate surface area is 254 Å². The third kappa shape index (κ3) is 3.98. The second-order valence-electron chi connectivity index (χ2n) is 11.5. The minimum absolute atomic E-state index is 0.297. The molecule has 0 spiro atoms. The lowest BCUT2D eigenvalue weighted by Gasteiger charge is -2.35. The highest BCUT2D eigenvalue weighted by molar-refractivity contribution is 6.26. The molecule has 6 heteroatoms. The standard InChI is InChI=1S/C38H28N2O4/c41-36-31-32(37(42)40(36)30-21-11-18-24-12-7-9-19-28(24)30)34(39-23-22-25-13-8-10-20-29(25)33(31)39)38(43)44-35(26-14-3-1-4-15-26)27-16-5-2-6-17-27/h1-23,31-35H/t31-,32+,33?,34-/m1/s1. The quantitative estimate of drug-likeness (QED) is 0.172. The van der Waals surface area contributed by atoms with Crippen molar-refractivity contribution in [2.24, 2.45) is 11.8 Å². The maximum absolute atomic E-state index is 14.5. The maximum atomic E-state index is 14.5. The molecule has 2 amide bonds. The van der Waals surface area contributed by atoms with Crippen molar-refractivity contribution in [1.29, 1.82) is 0 Å². The van der Waals surface area contributed by atoms with Crippen molar-refractivity contribution in [3.63, 3.8) is 0 Å². The Balaban J connectivity index is 1.24. The van der Waals surface area contributed by atoms with E-state index in [0.717, 1.165) is 33.0 Å². The molecule has 4 atom stereocenters. The Morgan fingerprint density at radius 1 is 0.659 bits per heavy atom. The second kappa shape index (κ2) is 10.3. The number of carbonyl (C=O) groups is 3. The zero-order valence-electron chi connectivity index (χ0n) is 23.7. The van der Waals surface area contributed by atoms with Crippen LogP contribution in [0.1, 0.15) is 34.4 Å². The molecule has 5 aromatic rings. The number of ether oxygens (including phenoxy) is 1. The molecule has 3 aliphatic rings. The smallest absolute Gasteiger partial charge is 0.330 e. The van der Waals surface area contributed by atoms with E-state index in [2.05, 4.69) is 0 Å². The topological polar surface area (TPSA) is 66.9 Å². The summed E-state index contributed by atoms with van der Waals surface area (Å²) in [6, 6.07) is 38.9. The lowest BCUT2D eigenvalue weighted by atomic mass is 9.84. The number of benzene rings is 5. The van der Waals surface area contributed by atoms with Gasteiger partial charge >= 0.3 is 5.97 Å². The van der Waals surface area contributed by atoms with Gasteiger partial charge < -0.3 is 9.64 Å². The van der Waals surface area contributed by atoms with E-state index in [1.807, 2.05) is 139 Å². The first kappa shape index (κ1) is 26.2. The molecule has 8 rings (SSSR count). The molecule has 0 N–H and O–H groups in total. The van der Waals surface area contributed by atoms with Crippen LogP contribution in [0.3, 0.4) is 0 Å². The van der Waals surface area contributed by atoms with Crippen molar-refractivity contribution in [3.05, 3.63) is 156 Å². The summed E-state index contributed by atoms with van der Waals surface area (Å²) in [5.41, 5.74) is 4.07. The van der Waals surface area contributed by atoms with Gasteiger partial charge in [0, 0.05) is 11.6 Å². The fraction of sp³-hybridized carbons (Fsp3) is 0.132. The van der Waals surface area contributed by atoms with Crippen LogP contribution in [0, 0.1) is 11.8 Å². The first-order valence-corrected chi connectivity index (χ1v) is 14.8. The van der Waals surface area contributed by atoms with Crippen LogP contribution in [-0.2, 0) is 19.1 Å². The Kier molecular flexibility index (Phi) is 6.15. The molecule has 5 aromatic carbocycles. The van der Waals surface area contributed by atoms with Gasteiger partial charge in [-0.2, -0.15) is 0 Å². The van der Waals surface area contributed by atoms with Crippen LogP contribution >= 0.6 is 0 Å². The van der Waals surface area contributed by atoms with Crippen molar-refractivity contribution < 1.29 is 19.1 Å². The molecule has 0 radical (unpaired) electrons. The largest absolute Gasteiger partial charge is 0.451 e. The molecule has 0 bridgehead atoms. The normalized spacial score (nSPS) is 21.8. The highest BCUT2D eigenvalue weighted by Crippen LogP contribution is 2.54. The van der Waals surface area contributed by atoms with Crippen LogP contribution in [0.15, 0.2) is 134 Å². The Morgan fingerprint density at radius 2 is 1.27 bits per heavy atom. The Bertz CT molecular complexity index is 1910. The molecule has 0 aromatic heterocycles. The number of nitrogens with zero attached hydrogens (tertiary/aromatic N) is 2. The van der Waals surface area contributed by atoms with Crippen molar-refractivity contribution in [2.45, 2.75) is 18.2 Å². The number of fused-ring (bicyclic) bond motifs is 6. The molecular formula is C38H28N2O4. The van der Waals surface area contributed by atoms with Crippen molar-refractivity contribution >= 4 is 40.3 Å². The van der Waals surface area contributed by atoms with Crippen molar-refractivity contribution in [1.82, 2.24) is 4.90 Å². The van der Waals surface area contributed by atoms with E-state index < -0.39 is 36.0 Å². The predicted molar refractivity (Wildman–Crippen MR) is 168 cm³/mol. The average molecular weight is 577 g/mol. The van der Waals surface area contributed by atoms with Crippen LogP contribution in [-0.4, -0.2) is 28.7 Å². The molecule has 3 aliphatic heterocycles. The van der Waals surface area contributed by atoms with E-state index in [4.69, 9.17) is 4.74 Å². The monoisotopic (exact) mass is 576 g/mol. The number of carbonyl (C=O) groups excluding carboxylic acids is 3. The van der Waals surface area contributed by atoms with E-state index in [1.54, 1.807) is 6.07 Å². The van der Waals surface area contributed by atoms with Crippen molar-refractivity contribution in [2.75, 3.05) is 4.90 Å². The van der Waals surface area contributed by atoms with Crippen LogP contribution in [0.5, 0.6) is 0 Å². The number of rotatable bonds is 5. The summed E-state index contributed by atoms with van der Waals surface area (Å²) in [6.45, 7) is 0. The summed E-state index contributed by atoms with van der Waals surface area (Å²) in [5.74, 6) is -2.88. The highest BCUT2D eigenvalue weighted by Gasteiger charge is 2.65. The predicted octanol–water partition coefficient (Wildman–Crippen LogP) is 6.69. The number of anilines is 1. The highest BCUT2D eigenvalue weighted by atomic mass is 16.5. The van der Waals surface area contributed by atoms with E-state index in [1.165, 1.54) is 4.90 Å². The number of imide groups is 1. The number of hydrogen-bond acceptors (Lipinski definition) is 5. The van der Waals surface area contributed by atoms with Gasteiger partial charge in [-0.1, -0.05) is 121 Å². The molecule has 2 fully saturated rings. The van der Waals surface area contributed by atoms with E-state index >= 15 is 0 Å². The molecular weight excluding hydrogens is 548 g/mol. The third-order valence-corrected chi connectivity index (χ3v) is 9.15. The van der Waals surface area contributed by atoms with Crippen molar-refractivity contribution in [3.8, 4) is 0 Å². The first-order valence-electron chi connectivity index (χ1n) is 14.8. The molecule has 3 heterocycles. The fourth-order valence-corrected chi connectivity index (χ4v) is 7.24. The first-order chi connectivity index (χ1) is 21.6. The van der Waals surface area contributed by atoms with E-state index in [9.17, 15) is 14.4 Å². The van der Waals surface area contributed by atoms with Gasteiger partial charge in [-0.05, 0) is 39.8 Å². The van der Waals surface area contributed by atoms with Crippen LogP contribution in [0.25, 0.3) is 16.8 Å². The average Bonchev–Trinajstić information content (AvgIpc) is 3.56. The third-order valence-electron chi connectivity index (χ3n) is 9.15. The van der Waals surface area contributed by atoms with Crippen LogP contribution < -0.4 is 4.90 Å². The molecule has 0 saturated carbocycles. The molecule has 1 unspecified atom stereocenters. The van der Waals surface area contributed by atoms with Gasteiger partial charge in [0.2, 0.25) is 11.8 Å². The Hall–Kier alpha value is -5.49. The zero-order valence-corrected chi connectivity index (χ0v) is 23.7. The maximum Gasteiger partial charge on any atom is 0.330 e. The lowest BCUT2D eigenvalue weighted by Crippen LogP contribution is -2.45. The Morgan fingerprint density at radius 3 is 2.02 bits per heavy atom. The van der Waals surface area contributed by atoms with Gasteiger partial charge in [-0.15, -0.1) is 0 Å². The van der Waals surface area contributed by atoms with Gasteiger partial charge in [0.1, 0.15) is 6.04 Å². The molecule has 0 aliphatic carbocycles. The minimum Gasteiger partial charge on any atom is -0.451 e. The van der Waals surface area contributed by atoms with Gasteiger partial charge in [0.15, 0.2) is 6.10 Å². The van der Waals surface area contributed by atoms with Gasteiger partial charge in [0.25, 0.3) is 0 Å². The number of hydrogen-bond donors (Lipinski definition) is 0. The molecule has 44 heavy (non-hydrogen) atoms. The summed E-state index contributed by atoms with van der Waals surface area (Å²) in [4.78, 5) is 46.6. The zero-order chi connectivity index (χ0) is 29.8. The van der Waals surface area contributed by atoms with Crippen LogP contribution in [0.4, 0.5) is 5.69 Å². The summed E-state index contributed by atoms with van der Waals surface area (Å²) in [6.07, 6.45) is 3.11. The fourth-order valence-electron chi connectivity index (χ4n) is 7.24. The molecule has 214 valence electrons. The summed E-state index contributed by atoms with van der Waals surface area (Å²) in [5, 5.41) is 1.74. The molecule has 6 nitrogen and oxygen atoms in total. The number of esters is 1. The van der Waals surface area contributed by atoms with Gasteiger partial charge in [-0.25, -0.2) is 9.69 Å². The number of amides is 2. The summed E-state index contributed by atoms with van der Waals surface area (Å²) in [7, 11) is 0.